The van der Waals surface area contributed by atoms with Crippen molar-refractivity contribution in [3.8, 4) is 17.2 Å². The number of amidine groups is 1. The van der Waals surface area contributed by atoms with Crippen molar-refractivity contribution in [3.63, 3.8) is 0 Å². The van der Waals surface area contributed by atoms with Crippen LogP contribution >= 0.6 is 0 Å². The topological polar surface area (TPSA) is 147 Å². The zero-order chi connectivity index (χ0) is 32.6. The molecule has 3 heterocycles. The number of likely N-dealkylation sites (tertiary alicyclic amines) is 1. The molecule has 2 aliphatic rings. The Morgan fingerprint density at radius 2 is 1.98 bits per heavy atom. The number of aliphatic hydroxyl groups is 1. The quantitative estimate of drug-likeness (QED) is 0.161. The summed E-state index contributed by atoms with van der Waals surface area (Å²) in [6.45, 7) is 9.86. The van der Waals surface area contributed by atoms with E-state index in [-0.39, 0.29) is 41.9 Å². The fourth-order valence-electron chi connectivity index (χ4n) is 5.48. The molecular weight excluding hydrogens is 593 g/mol. The predicted octanol–water partition coefficient (Wildman–Crippen LogP) is 4.18. The number of nitrogens with zero attached hydrogens (tertiary/aromatic N) is 5. The number of morpholine rings is 1. The van der Waals surface area contributed by atoms with Crippen LogP contribution in [0.1, 0.15) is 18.4 Å². The molecule has 4 N–H and O–H groups in total. The molecule has 0 spiro atoms. The summed E-state index contributed by atoms with van der Waals surface area (Å²) in [7, 11) is 1.55. The lowest BCUT2D eigenvalue weighted by molar-refractivity contribution is -0.126. The van der Waals surface area contributed by atoms with Crippen LogP contribution in [-0.4, -0.2) is 92.1 Å². The number of carbonyl (C=O) groups is 1. The third kappa shape index (κ3) is 7.44. The van der Waals surface area contributed by atoms with Gasteiger partial charge in [-0.05, 0) is 49.9 Å². The lowest BCUT2D eigenvalue weighted by atomic mass is 10.0. The van der Waals surface area contributed by atoms with E-state index in [1.165, 1.54) is 18.2 Å². The number of ether oxygens (including phenoxy) is 3. The summed E-state index contributed by atoms with van der Waals surface area (Å²) < 4.78 is 32.3. The van der Waals surface area contributed by atoms with E-state index in [2.05, 4.69) is 33.6 Å². The number of halogens is 1. The largest absolute Gasteiger partial charge is 0.495 e. The van der Waals surface area contributed by atoms with E-state index < -0.39 is 5.82 Å². The fraction of sp³-hybridized carbons (Fsp3) is 0.333. The van der Waals surface area contributed by atoms with Gasteiger partial charge in [0.25, 0.3) is 0 Å². The van der Waals surface area contributed by atoms with Crippen molar-refractivity contribution in [1.29, 1.82) is 0 Å². The zero-order valence-electron chi connectivity index (χ0n) is 25.7. The Kier molecular flexibility index (Phi) is 10.5. The van der Waals surface area contributed by atoms with E-state index in [4.69, 9.17) is 19.9 Å². The summed E-state index contributed by atoms with van der Waals surface area (Å²) in [6.07, 6.45) is 4.40. The van der Waals surface area contributed by atoms with Gasteiger partial charge in [0.1, 0.15) is 34.6 Å². The van der Waals surface area contributed by atoms with Gasteiger partial charge in [-0.15, -0.1) is 0 Å². The maximum atomic E-state index is 15.3. The normalized spacial score (nSPS) is 17.4. The summed E-state index contributed by atoms with van der Waals surface area (Å²) in [6, 6.07) is 11.0. The summed E-state index contributed by atoms with van der Waals surface area (Å²) in [5, 5.41) is 13.2. The van der Waals surface area contributed by atoms with E-state index >= 15 is 4.39 Å². The maximum absolute atomic E-state index is 15.3. The van der Waals surface area contributed by atoms with Crippen molar-refractivity contribution < 1.29 is 28.5 Å². The minimum absolute atomic E-state index is 0.0129. The van der Waals surface area contributed by atoms with Crippen LogP contribution in [0.2, 0.25) is 0 Å². The second-order valence-corrected chi connectivity index (χ2v) is 10.8. The number of nitrogens with two attached hydrogens (primary N) is 1. The van der Waals surface area contributed by atoms with Gasteiger partial charge in [0.05, 0.1) is 44.3 Å². The lowest BCUT2D eigenvalue weighted by Crippen LogP contribution is -2.48. The van der Waals surface area contributed by atoms with Crippen LogP contribution in [0.4, 0.5) is 27.3 Å². The van der Waals surface area contributed by atoms with Crippen LogP contribution in [-0.2, 0) is 9.53 Å². The predicted molar refractivity (Wildman–Crippen MR) is 176 cm³/mol. The lowest BCUT2D eigenvalue weighted by Gasteiger charge is -2.35. The Balaban J connectivity index is 1.33. The van der Waals surface area contributed by atoms with Crippen LogP contribution in [0.25, 0.3) is 0 Å². The van der Waals surface area contributed by atoms with Gasteiger partial charge in [-0.25, -0.2) is 14.4 Å². The van der Waals surface area contributed by atoms with Crippen LogP contribution in [0.15, 0.2) is 71.3 Å². The molecule has 0 unspecified atom stereocenters. The summed E-state index contributed by atoms with van der Waals surface area (Å²) in [5.41, 5.74) is 7.96. The van der Waals surface area contributed by atoms with E-state index in [9.17, 15) is 9.90 Å². The number of anilines is 2. The highest BCUT2D eigenvalue weighted by Gasteiger charge is 2.25. The molecule has 2 saturated heterocycles. The van der Waals surface area contributed by atoms with Crippen molar-refractivity contribution >= 4 is 41.3 Å². The number of methoxy groups -OCH3 is 1. The summed E-state index contributed by atoms with van der Waals surface area (Å²) in [5.74, 6) is 1.21. The first-order valence-electron chi connectivity index (χ1n) is 14.9. The van der Waals surface area contributed by atoms with Crippen molar-refractivity contribution in [2.45, 2.75) is 24.9 Å². The highest BCUT2D eigenvalue weighted by atomic mass is 19.1. The third-order valence-electron chi connectivity index (χ3n) is 7.95. The number of aliphatic imine (C=N–C) groups is 2. The Morgan fingerprint density at radius 1 is 1.20 bits per heavy atom. The van der Waals surface area contributed by atoms with Gasteiger partial charge in [-0.3, -0.25) is 9.79 Å². The number of aromatic nitrogens is 1. The average Bonchev–Trinajstić information content (AvgIpc) is 3.09. The van der Waals surface area contributed by atoms with Crippen molar-refractivity contribution in [1.82, 2.24) is 9.88 Å². The number of piperidine rings is 1. The molecular formula is C33H38FN7O5. The molecule has 3 aromatic rings. The molecule has 0 aliphatic carbocycles. The molecule has 2 aliphatic heterocycles. The van der Waals surface area contributed by atoms with Crippen molar-refractivity contribution in [3.05, 3.63) is 72.7 Å². The second kappa shape index (κ2) is 14.8. The minimum atomic E-state index is -0.635. The molecule has 0 saturated carbocycles. The number of amides is 1. The number of nitrogens with one attached hydrogen (secondary N) is 1. The second-order valence-electron chi connectivity index (χ2n) is 10.8. The van der Waals surface area contributed by atoms with E-state index in [1.54, 1.807) is 48.5 Å². The van der Waals surface area contributed by atoms with Gasteiger partial charge in [0.15, 0.2) is 5.82 Å². The van der Waals surface area contributed by atoms with E-state index in [1.807, 2.05) is 4.90 Å². The fourth-order valence-corrected chi connectivity index (χ4v) is 5.48. The molecule has 0 radical (unpaired) electrons. The van der Waals surface area contributed by atoms with Gasteiger partial charge in [0, 0.05) is 55.6 Å². The smallest absolute Gasteiger partial charge is 0.245 e. The van der Waals surface area contributed by atoms with Crippen molar-refractivity contribution in [2.24, 2.45) is 15.7 Å². The van der Waals surface area contributed by atoms with Gasteiger partial charge < -0.3 is 40.2 Å². The number of rotatable bonds is 11. The van der Waals surface area contributed by atoms with Gasteiger partial charge in [-0.2, -0.15) is 0 Å². The molecule has 12 nitrogen and oxygen atoms in total. The molecule has 5 rings (SSSR count). The SMILES string of the molecule is C=CC(=O)N1CCC(Nc2cc(C(N)=Nc3ccc(Oc4ccnc(N5CCOC[C@@H]5CO)c4)cc3F)c(N=C)cc2OC)CC1. The first-order valence-corrected chi connectivity index (χ1v) is 14.9. The highest BCUT2D eigenvalue weighted by molar-refractivity contribution is 6.04. The number of pyridine rings is 1. The maximum Gasteiger partial charge on any atom is 0.245 e. The molecule has 1 amide bonds. The van der Waals surface area contributed by atoms with Crippen LogP contribution < -0.4 is 25.4 Å². The minimum Gasteiger partial charge on any atom is -0.495 e. The Labute approximate surface area is 267 Å². The average molecular weight is 632 g/mol. The molecule has 0 bridgehead atoms. The Morgan fingerprint density at radius 3 is 2.67 bits per heavy atom. The van der Waals surface area contributed by atoms with E-state index in [0.29, 0.717) is 67.1 Å². The van der Waals surface area contributed by atoms with Crippen LogP contribution in [0.5, 0.6) is 17.2 Å². The molecule has 242 valence electrons. The zero-order valence-corrected chi connectivity index (χ0v) is 25.7. The molecule has 1 aromatic heterocycles. The number of benzene rings is 2. The van der Waals surface area contributed by atoms with E-state index in [0.717, 1.165) is 12.8 Å². The van der Waals surface area contributed by atoms with Gasteiger partial charge >= 0.3 is 0 Å². The molecule has 13 heteroatoms. The summed E-state index contributed by atoms with van der Waals surface area (Å²) >= 11 is 0. The highest BCUT2D eigenvalue weighted by Crippen LogP contribution is 2.35. The van der Waals surface area contributed by atoms with Crippen LogP contribution in [0.3, 0.4) is 0 Å². The Bertz CT molecular complexity index is 1610. The monoisotopic (exact) mass is 631 g/mol. The van der Waals surface area contributed by atoms with Crippen molar-refractivity contribution in [2.75, 3.05) is 56.8 Å². The molecule has 46 heavy (non-hydrogen) atoms. The number of hydrogen-bond donors (Lipinski definition) is 3. The molecule has 1 atom stereocenters. The first-order chi connectivity index (χ1) is 22.3. The standard InChI is InChI=1S/C33H38FN7O5/c1-4-32(43)40-11-8-21(9-12-40)38-29-17-25(28(36-2)18-30(29)44-3)33(35)39-27-6-5-23(15-26(27)34)46-24-7-10-37-31(16-24)41-13-14-45-20-22(41)19-42/h4-7,10,15-18,21-22,38,42H,1-2,8-9,11-14,19-20H2,3H3,(H2,35,39)/t22-/m0/s1. The van der Waals surface area contributed by atoms with Gasteiger partial charge in [0.2, 0.25) is 5.91 Å². The number of carbonyl (C=O) groups excluding carboxylic acids is 1. The summed E-state index contributed by atoms with van der Waals surface area (Å²) in [4.78, 5) is 28.5. The molecule has 2 aromatic carbocycles. The third-order valence-corrected chi connectivity index (χ3v) is 7.95. The molecule has 2 fully saturated rings. The number of aliphatic hydroxyl groups excluding tert-OH is 1. The first kappa shape index (κ1) is 32.4. The Hall–Kier alpha value is -5.01. The van der Waals surface area contributed by atoms with Gasteiger partial charge in [-0.1, -0.05) is 6.58 Å². The van der Waals surface area contributed by atoms with Crippen LogP contribution in [0, 0.1) is 5.82 Å². The number of hydrogen-bond acceptors (Lipinski definition) is 10.